The molecule has 0 fully saturated rings. The van der Waals surface area contributed by atoms with Gasteiger partial charge in [0.05, 0.1) is 12.9 Å². The minimum absolute atomic E-state index is 0.731. The molecule has 2 rings (SSSR count). The molecule has 0 saturated carbocycles. The molecule has 0 aliphatic carbocycles. The molecule has 3 nitrogen and oxygen atoms in total. The number of hydrogen-bond acceptors (Lipinski definition) is 3. The first-order valence-corrected chi connectivity index (χ1v) is 5.48. The highest BCUT2D eigenvalue weighted by Crippen LogP contribution is 2.23. The van der Waals surface area contributed by atoms with Crippen molar-refractivity contribution in [2.45, 2.75) is 13.5 Å². The standard InChI is InChI=1S/C13H17NO2/c1-10-4-3-5-12-11(9-16-13(10)12)8-14-6-7-15-2/h3-5,9,14H,6-8H2,1-2H3. The quantitative estimate of drug-likeness (QED) is 0.784. The zero-order valence-corrected chi connectivity index (χ0v) is 9.75. The summed E-state index contributed by atoms with van der Waals surface area (Å²) in [6.07, 6.45) is 1.83. The third kappa shape index (κ3) is 2.26. The Kier molecular flexibility index (Phi) is 3.59. The number of nitrogens with one attached hydrogen (secondary N) is 1. The number of furan rings is 1. The van der Waals surface area contributed by atoms with Crippen LogP contribution in [0.1, 0.15) is 11.1 Å². The van der Waals surface area contributed by atoms with E-state index in [1.165, 1.54) is 16.5 Å². The van der Waals surface area contributed by atoms with Gasteiger partial charge in [0, 0.05) is 31.1 Å². The zero-order valence-electron chi connectivity index (χ0n) is 9.75. The van der Waals surface area contributed by atoms with E-state index in [1.807, 2.05) is 6.26 Å². The van der Waals surface area contributed by atoms with Gasteiger partial charge in [-0.2, -0.15) is 0 Å². The van der Waals surface area contributed by atoms with E-state index in [9.17, 15) is 0 Å². The molecule has 86 valence electrons. The fourth-order valence-corrected chi connectivity index (χ4v) is 1.79. The Balaban J connectivity index is 2.10. The summed E-state index contributed by atoms with van der Waals surface area (Å²) in [7, 11) is 1.71. The first kappa shape index (κ1) is 11.2. The molecule has 3 heteroatoms. The number of rotatable bonds is 5. The Labute approximate surface area is 95.4 Å². The lowest BCUT2D eigenvalue weighted by Gasteiger charge is -2.02. The maximum absolute atomic E-state index is 5.57. The first-order chi connectivity index (χ1) is 7.83. The minimum Gasteiger partial charge on any atom is -0.464 e. The SMILES string of the molecule is COCCNCc1coc2c(C)cccc12. The largest absolute Gasteiger partial charge is 0.464 e. The van der Waals surface area contributed by atoms with Crippen molar-refractivity contribution in [3.63, 3.8) is 0 Å². The summed E-state index contributed by atoms with van der Waals surface area (Å²) >= 11 is 0. The summed E-state index contributed by atoms with van der Waals surface area (Å²) in [6, 6.07) is 6.22. The topological polar surface area (TPSA) is 34.4 Å². The average molecular weight is 219 g/mol. The number of ether oxygens (including phenoxy) is 1. The smallest absolute Gasteiger partial charge is 0.137 e. The summed E-state index contributed by atoms with van der Waals surface area (Å²) in [4.78, 5) is 0. The molecular weight excluding hydrogens is 202 g/mol. The lowest BCUT2D eigenvalue weighted by Crippen LogP contribution is -2.18. The molecule has 0 bridgehead atoms. The first-order valence-electron chi connectivity index (χ1n) is 5.48. The number of benzene rings is 1. The van der Waals surface area contributed by atoms with Crippen LogP contribution in [0.2, 0.25) is 0 Å². The van der Waals surface area contributed by atoms with Gasteiger partial charge in [-0.1, -0.05) is 18.2 Å². The Morgan fingerprint density at radius 2 is 2.25 bits per heavy atom. The summed E-state index contributed by atoms with van der Waals surface area (Å²) in [5.41, 5.74) is 3.38. The van der Waals surface area contributed by atoms with Crippen LogP contribution in [0.5, 0.6) is 0 Å². The molecule has 0 unspecified atom stereocenters. The number of fused-ring (bicyclic) bond motifs is 1. The molecule has 2 aromatic rings. The molecule has 1 heterocycles. The van der Waals surface area contributed by atoms with Gasteiger partial charge < -0.3 is 14.5 Å². The molecule has 0 radical (unpaired) electrons. The van der Waals surface area contributed by atoms with Crippen LogP contribution < -0.4 is 5.32 Å². The highest BCUT2D eigenvalue weighted by Gasteiger charge is 2.06. The Hall–Kier alpha value is -1.32. The molecule has 0 amide bonds. The van der Waals surface area contributed by atoms with Crippen LogP contribution in [-0.4, -0.2) is 20.3 Å². The predicted octanol–water partition coefficient (Wildman–Crippen LogP) is 2.48. The molecule has 0 saturated heterocycles. The monoisotopic (exact) mass is 219 g/mol. The lowest BCUT2D eigenvalue weighted by molar-refractivity contribution is 0.199. The van der Waals surface area contributed by atoms with Gasteiger partial charge in [-0.05, 0) is 12.5 Å². The van der Waals surface area contributed by atoms with Crippen LogP contribution in [0.15, 0.2) is 28.9 Å². The van der Waals surface area contributed by atoms with E-state index in [0.29, 0.717) is 0 Å². The summed E-state index contributed by atoms with van der Waals surface area (Å²) in [5, 5.41) is 4.51. The molecule has 0 atom stereocenters. The fourth-order valence-electron chi connectivity index (χ4n) is 1.79. The zero-order chi connectivity index (χ0) is 11.4. The average Bonchev–Trinajstić information content (AvgIpc) is 2.70. The second-order valence-corrected chi connectivity index (χ2v) is 3.88. The summed E-state index contributed by atoms with van der Waals surface area (Å²) < 4.78 is 10.5. The van der Waals surface area contributed by atoms with Gasteiger partial charge in [-0.25, -0.2) is 0 Å². The van der Waals surface area contributed by atoms with Crippen molar-refractivity contribution >= 4 is 11.0 Å². The van der Waals surface area contributed by atoms with Crippen molar-refractivity contribution < 1.29 is 9.15 Å². The van der Waals surface area contributed by atoms with Crippen LogP contribution in [0.4, 0.5) is 0 Å². The molecule has 0 aliphatic heterocycles. The third-order valence-electron chi connectivity index (χ3n) is 2.68. The van der Waals surface area contributed by atoms with Gasteiger partial charge in [0.15, 0.2) is 0 Å². The normalized spacial score (nSPS) is 11.1. The predicted molar refractivity (Wildman–Crippen MR) is 64.5 cm³/mol. The minimum atomic E-state index is 0.731. The fraction of sp³-hybridized carbons (Fsp3) is 0.385. The highest BCUT2D eigenvalue weighted by atomic mass is 16.5. The second-order valence-electron chi connectivity index (χ2n) is 3.88. The Morgan fingerprint density at radius 3 is 3.06 bits per heavy atom. The van der Waals surface area contributed by atoms with E-state index >= 15 is 0 Å². The Bertz CT molecular complexity index is 462. The lowest BCUT2D eigenvalue weighted by atomic mass is 10.1. The molecular formula is C13H17NO2. The van der Waals surface area contributed by atoms with Crippen molar-refractivity contribution in [1.82, 2.24) is 5.32 Å². The van der Waals surface area contributed by atoms with E-state index < -0.39 is 0 Å². The van der Waals surface area contributed by atoms with Gasteiger partial charge in [-0.15, -0.1) is 0 Å². The van der Waals surface area contributed by atoms with Gasteiger partial charge in [-0.3, -0.25) is 0 Å². The van der Waals surface area contributed by atoms with E-state index in [2.05, 4.69) is 30.4 Å². The van der Waals surface area contributed by atoms with E-state index in [1.54, 1.807) is 7.11 Å². The molecule has 16 heavy (non-hydrogen) atoms. The van der Waals surface area contributed by atoms with Crippen LogP contribution >= 0.6 is 0 Å². The van der Waals surface area contributed by atoms with Crippen molar-refractivity contribution in [3.8, 4) is 0 Å². The van der Waals surface area contributed by atoms with Gasteiger partial charge in [0.25, 0.3) is 0 Å². The van der Waals surface area contributed by atoms with Crippen LogP contribution in [0.3, 0.4) is 0 Å². The number of aryl methyl sites for hydroxylation is 1. The Morgan fingerprint density at radius 1 is 1.38 bits per heavy atom. The number of hydrogen-bond donors (Lipinski definition) is 1. The maximum Gasteiger partial charge on any atom is 0.137 e. The van der Waals surface area contributed by atoms with Crippen molar-refractivity contribution in [2.24, 2.45) is 0 Å². The summed E-state index contributed by atoms with van der Waals surface area (Å²) in [6.45, 7) is 4.47. The van der Waals surface area contributed by atoms with E-state index in [-0.39, 0.29) is 0 Å². The van der Waals surface area contributed by atoms with Crippen molar-refractivity contribution in [1.29, 1.82) is 0 Å². The van der Waals surface area contributed by atoms with E-state index in [0.717, 1.165) is 25.3 Å². The third-order valence-corrected chi connectivity index (χ3v) is 2.68. The van der Waals surface area contributed by atoms with Gasteiger partial charge >= 0.3 is 0 Å². The molecule has 1 N–H and O–H groups in total. The number of para-hydroxylation sites is 1. The van der Waals surface area contributed by atoms with E-state index in [4.69, 9.17) is 9.15 Å². The van der Waals surface area contributed by atoms with Crippen LogP contribution in [0.25, 0.3) is 11.0 Å². The summed E-state index contributed by atoms with van der Waals surface area (Å²) in [5.74, 6) is 0. The number of methoxy groups -OCH3 is 1. The molecule has 0 aliphatic rings. The van der Waals surface area contributed by atoms with Crippen LogP contribution in [-0.2, 0) is 11.3 Å². The van der Waals surface area contributed by atoms with Crippen molar-refractivity contribution in [3.05, 3.63) is 35.6 Å². The second kappa shape index (κ2) is 5.14. The van der Waals surface area contributed by atoms with Gasteiger partial charge in [0.2, 0.25) is 0 Å². The van der Waals surface area contributed by atoms with Gasteiger partial charge in [0.1, 0.15) is 5.58 Å². The van der Waals surface area contributed by atoms with Crippen LogP contribution in [0, 0.1) is 6.92 Å². The maximum atomic E-state index is 5.57. The molecule has 0 spiro atoms. The molecule has 1 aromatic carbocycles. The molecule has 1 aromatic heterocycles. The van der Waals surface area contributed by atoms with Crippen molar-refractivity contribution in [2.75, 3.05) is 20.3 Å². The highest BCUT2D eigenvalue weighted by molar-refractivity contribution is 5.83.